The summed E-state index contributed by atoms with van der Waals surface area (Å²) in [5, 5.41) is 0. The summed E-state index contributed by atoms with van der Waals surface area (Å²) in [5.74, 6) is 0.455. The lowest BCUT2D eigenvalue weighted by atomic mass is 10.0. The van der Waals surface area contributed by atoms with Crippen molar-refractivity contribution in [1.82, 2.24) is 0 Å². The van der Waals surface area contributed by atoms with Crippen molar-refractivity contribution in [1.29, 1.82) is 0 Å². The fraction of sp³-hybridized carbons (Fsp3) is 0.538. The van der Waals surface area contributed by atoms with Crippen LogP contribution in [-0.4, -0.2) is 18.8 Å². The van der Waals surface area contributed by atoms with Crippen LogP contribution in [0.1, 0.15) is 24.8 Å². The lowest BCUT2D eigenvalue weighted by molar-refractivity contribution is 0.291. The van der Waals surface area contributed by atoms with Crippen LogP contribution in [0.25, 0.3) is 0 Å². The van der Waals surface area contributed by atoms with E-state index in [1.165, 1.54) is 6.07 Å². The van der Waals surface area contributed by atoms with Gasteiger partial charge in [0.2, 0.25) is 0 Å². The van der Waals surface area contributed by atoms with Crippen molar-refractivity contribution in [2.75, 3.05) is 13.2 Å². The van der Waals surface area contributed by atoms with Crippen molar-refractivity contribution < 1.29 is 13.9 Å². The number of benzene rings is 1. The number of halogens is 1. The molecule has 3 rings (SSSR count). The van der Waals surface area contributed by atoms with Crippen LogP contribution in [-0.2, 0) is 6.42 Å². The van der Waals surface area contributed by atoms with Gasteiger partial charge in [-0.05, 0) is 25.3 Å². The van der Waals surface area contributed by atoms with Crippen molar-refractivity contribution in [3.05, 3.63) is 23.5 Å². The average molecular weight is 237 g/mol. The third kappa shape index (κ3) is 2.09. The van der Waals surface area contributed by atoms with Gasteiger partial charge in [-0.3, -0.25) is 0 Å². The molecule has 0 unspecified atom stereocenters. The van der Waals surface area contributed by atoms with Crippen molar-refractivity contribution in [3.63, 3.8) is 0 Å². The molecule has 0 amide bonds. The van der Waals surface area contributed by atoms with Crippen LogP contribution >= 0.6 is 0 Å². The largest absolute Gasteiger partial charge is 0.489 e. The molecule has 1 aromatic rings. The first kappa shape index (κ1) is 10.8. The van der Waals surface area contributed by atoms with Crippen LogP contribution in [0.3, 0.4) is 0 Å². The summed E-state index contributed by atoms with van der Waals surface area (Å²) in [5.41, 5.74) is 6.95. The van der Waals surface area contributed by atoms with E-state index in [2.05, 4.69) is 0 Å². The number of fused-ring (bicyclic) bond motifs is 1. The lowest BCUT2D eigenvalue weighted by Crippen LogP contribution is -2.24. The molecule has 0 aromatic heterocycles. The molecule has 4 heteroatoms. The molecule has 3 nitrogen and oxygen atoms in total. The minimum Gasteiger partial charge on any atom is -0.489 e. The molecule has 0 bridgehead atoms. The van der Waals surface area contributed by atoms with E-state index in [4.69, 9.17) is 15.2 Å². The van der Waals surface area contributed by atoms with E-state index < -0.39 is 0 Å². The van der Waals surface area contributed by atoms with Crippen LogP contribution in [0.2, 0.25) is 0 Å². The van der Waals surface area contributed by atoms with Gasteiger partial charge in [-0.2, -0.15) is 0 Å². The van der Waals surface area contributed by atoms with E-state index in [0.29, 0.717) is 19.0 Å². The fourth-order valence-corrected chi connectivity index (χ4v) is 2.14. The first-order chi connectivity index (χ1) is 8.18. The van der Waals surface area contributed by atoms with Gasteiger partial charge >= 0.3 is 0 Å². The van der Waals surface area contributed by atoms with Crippen LogP contribution in [0.4, 0.5) is 4.39 Å². The third-order valence-corrected chi connectivity index (χ3v) is 3.36. The zero-order chi connectivity index (χ0) is 11.9. The molecular formula is C13H16FNO2. The Kier molecular flexibility index (Phi) is 2.47. The van der Waals surface area contributed by atoms with Crippen LogP contribution in [0, 0.1) is 5.82 Å². The van der Waals surface area contributed by atoms with E-state index in [0.717, 1.165) is 31.2 Å². The van der Waals surface area contributed by atoms with E-state index in [9.17, 15) is 4.39 Å². The van der Waals surface area contributed by atoms with Crippen molar-refractivity contribution >= 4 is 0 Å². The summed E-state index contributed by atoms with van der Waals surface area (Å²) < 4.78 is 24.7. The van der Waals surface area contributed by atoms with E-state index in [-0.39, 0.29) is 17.1 Å². The molecule has 1 aromatic carbocycles. The van der Waals surface area contributed by atoms with Gasteiger partial charge < -0.3 is 15.2 Å². The Bertz CT molecular complexity index is 443. The zero-order valence-corrected chi connectivity index (χ0v) is 9.67. The molecule has 2 aliphatic rings. The SMILES string of the molecule is NC1(Cc2ccc(F)c3c2OCCCO3)CC1. The maximum atomic E-state index is 13.6. The van der Waals surface area contributed by atoms with Crippen molar-refractivity contribution in [2.24, 2.45) is 5.73 Å². The van der Waals surface area contributed by atoms with Gasteiger partial charge in [0, 0.05) is 17.5 Å². The fourth-order valence-electron chi connectivity index (χ4n) is 2.14. The monoisotopic (exact) mass is 237 g/mol. The van der Waals surface area contributed by atoms with Crippen LogP contribution in [0.5, 0.6) is 11.5 Å². The molecule has 17 heavy (non-hydrogen) atoms. The second kappa shape index (κ2) is 3.88. The number of hydrogen-bond donors (Lipinski definition) is 1. The Labute approximate surface area is 99.7 Å². The number of rotatable bonds is 2. The van der Waals surface area contributed by atoms with Gasteiger partial charge in [-0.15, -0.1) is 0 Å². The van der Waals surface area contributed by atoms with Crippen LogP contribution in [0.15, 0.2) is 12.1 Å². The normalized spacial score (nSPS) is 20.8. The summed E-state index contributed by atoms with van der Waals surface area (Å²) in [4.78, 5) is 0. The highest BCUT2D eigenvalue weighted by Crippen LogP contribution is 2.42. The quantitative estimate of drug-likeness (QED) is 0.855. The molecule has 1 fully saturated rings. The van der Waals surface area contributed by atoms with Gasteiger partial charge in [0.05, 0.1) is 13.2 Å². The topological polar surface area (TPSA) is 44.5 Å². The second-order valence-electron chi connectivity index (χ2n) is 4.95. The summed E-state index contributed by atoms with van der Waals surface area (Å²) in [6.45, 7) is 1.07. The van der Waals surface area contributed by atoms with Gasteiger partial charge in [0.15, 0.2) is 17.3 Å². The Morgan fingerprint density at radius 1 is 1.18 bits per heavy atom. The molecule has 0 saturated heterocycles. The molecule has 0 atom stereocenters. The van der Waals surface area contributed by atoms with Gasteiger partial charge in [-0.1, -0.05) is 6.07 Å². The molecule has 1 aliphatic carbocycles. The summed E-state index contributed by atoms with van der Waals surface area (Å²) >= 11 is 0. The Balaban J connectivity index is 1.97. The maximum Gasteiger partial charge on any atom is 0.197 e. The number of nitrogens with two attached hydrogens (primary N) is 1. The van der Waals surface area contributed by atoms with E-state index >= 15 is 0 Å². The summed E-state index contributed by atoms with van der Waals surface area (Å²) in [6.07, 6.45) is 3.57. The minimum atomic E-state index is -0.354. The molecule has 92 valence electrons. The lowest BCUT2D eigenvalue weighted by Gasteiger charge is -2.15. The molecule has 1 aliphatic heterocycles. The highest BCUT2D eigenvalue weighted by Gasteiger charge is 2.39. The standard InChI is InChI=1S/C13H16FNO2/c14-10-3-2-9(8-13(15)4-5-13)11-12(10)17-7-1-6-16-11/h2-3H,1,4-8,15H2. The first-order valence-electron chi connectivity index (χ1n) is 6.04. The second-order valence-corrected chi connectivity index (χ2v) is 4.95. The Morgan fingerprint density at radius 2 is 1.88 bits per heavy atom. The average Bonchev–Trinajstić information content (AvgIpc) is 3.06. The predicted octanol–water partition coefficient (Wildman–Crippen LogP) is 2.02. The summed E-state index contributed by atoms with van der Waals surface area (Å²) in [6, 6.07) is 3.20. The van der Waals surface area contributed by atoms with Crippen LogP contribution < -0.4 is 15.2 Å². The number of hydrogen-bond acceptors (Lipinski definition) is 3. The van der Waals surface area contributed by atoms with E-state index in [1.54, 1.807) is 6.07 Å². The van der Waals surface area contributed by atoms with Gasteiger partial charge in [0.1, 0.15) is 0 Å². The zero-order valence-electron chi connectivity index (χ0n) is 9.67. The van der Waals surface area contributed by atoms with Gasteiger partial charge in [0.25, 0.3) is 0 Å². The first-order valence-corrected chi connectivity index (χ1v) is 6.04. The third-order valence-electron chi connectivity index (χ3n) is 3.36. The maximum absolute atomic E-state index is 13.6. The molecule has 1 saturated carbocycles. The number of ether oxygens (including phenoxy) is 2. The summed E-state index contributed by atoms with van der Waals surface area (Å²) in [7, 11) is 0. The highest BCUT2D eigenvalue weighted by atomic mass is 19.1. The van der Waals surface area contributed by atoms with E-state index in [1.807, 2.05) is 0 Å². The Morgan fingerprint density at radius 3 is 2.59 bits per heavy atom. The molecule has 2 N–H and O–H groups in total. The highest BCUT2D eigenvalue weighted by molar-refractivity contribution is 5.49. The smallest absolute Gasteiger partial charge is 0.197 e. The molecule has 0 spiro atoms. The molecule has 0 radical (unpaired) electrons. The molecular weight excluding hydrogens is 221 g/mol. The van der Waals surface area contributed by atoms with Crippen molar-refractivity contribution in [2.45, 2.75) is 31.2 Å². The van der Waals surface area contributed by atoms with Gasteiger partial charge in [-0.25, -0.2) is 4.39 Å². The minimum absolute atomic E-state index is 0.110. The molecule has 1 heterocycles. The van der Waals surface area contributed by atoms with Crippen molar-refractivity contribution in [3.8, 4) is 11.5 Å². The predicted molar refractivity (Wildman–Crippen MR) is 61.9 cm³/mol. The Hall–Kier alpha value is -1.29.